The largest absolute Gasteiger partial charge is 0.504 e. The van der Waals surface area contributed by atoms with Crippen molar-refractivity contribution in [2.75, 3.05) is 0 Å². The number of carbonyl (C=O) groups is 2. The fourth-order valence-corrected chi connectivity index (χ4v) is 1.30. The predicted octanol–water partition coefficient (Wildman–Crippen LogP) is 0.473. The molecule has 17 heavy (non-hydrogen) atoms. The van der Waals surface area contributed by atoms with Gasteiger partial charge in [0.15, 0.2) is 17.3 Å². The highest BCUT2D eigenvalue weighted by molar-refractivity contribution is 6.00. The van der Waals surface area contributed by atoms with E-state index in [-0.39, 0.29) is 24.2 Å². The van der Waals surface area contributed by atoms with Gasteiger partial charge < -0.3 is 21.1 Å². The quantitative estimate of drug-likeness (QED) is 0.438. The molecule has 0 radical (unpaired) electrons. The van der Waals surface area contributed by atoms with Crippen molar-refractivity contribution >= 4 is 11.8 Å². The summed E-state index contributed by atoms with van der Waals surface area (Å²) in [5, 5.41) is 26.7. The molecule has 0 saturated heterocycles. The molecule has 0 unspecified atom stereocenters. The Morgan fingerprint density at radius 2 is 1.88 bits per heavy atom. The number of aromatic hydroxyl groups is 2. The molecule has 0 aliphatic carbocycles. The molecule has 0 aromatic heterocycles. The number of carboxylic acids is 1. The number of aliphatic carboxylic acids is 1. The minimum Gasteiger partial charge on any atom is -0.504 e. The van der Waals surface area contributed by atoms with Crippen molar-refractivity contribution < 1.29 is 24.9 Å². The predicted molar refractivity (Wildman–Crippen MR) is 58.9 cm³/mol. The lowest BCUT2D eigenvalue weighted by Gasteiger charge is -2.09. The average Bonchev–Trinajstić information content (AvgIpc) is 2.28. The maximum Gasteiger partial charge on any atom is 0.303 e. The molecular weight excluding hydrogens is 226 g/mol. The zero-order valence-electron chi connectivity index (χ0n) is 8.96. The first kappa shape index (κ1) is 13.0. The zero-order chi connectivity index (χ0) is 13.0. The second kappa shape index (κ2) is 5.31. The van der Waals surface area contributed by atoms with Gasteiger partial charge in [0, 0.05) is 12.0 Å². The van der Waals surface area contributed by atoms with Crippen LogP contribution in [0.2, 0.25) is 0 Å². The number of phenols is 2. The highest BCUT2D eigenvalue weighted by Crippen LogP contribution is 2.25. The van der Waals surface area contributed by atoms with E-state index < -0.39 is 23.5 Å². The topological polar surface area (TPSA) is 121 Å². The number of benzene rings is 1. The summed E-state index contributed by atoms with van der Waals surface area (Å²) in [6.45, 7) is 0. The first-order valence-corrected chi connectivity index (χ1v) is 4.95. The summed E-state index contributed by atoms with van der Waals surface area (Å²) in [5.41, 5.74) is 5.67. The highest BCUT2D eigenvalue weighted by atomic mass is 16.4. The third kappa shape index (κ3) is 3.46. The van der Waals surface area contributed by atoms with Gasteiger partial charge >= 0.3 is 5.97 Å². The van der Waals surface area contributed by atoms with Crippen LogP contribution in [-0.2, 0) is 4.79 Å². The summed E-state index contributed by atoms with van der Waals surface area (Å²) < 4.78 is 0. The van der Waals surface area contributed by atoms with Crippen molar-refractivity contribution in [1.29, 1.82) is 0 Å². The first-order valence-electron chi connectivity index (χ1n) is 4.95. The van der Waals surface area contributed by atoms with Crippen LogP contribution in [0.1, 0.15) is 23.2 Å². The Balaban J connectivity index is 2.74. The van der Waals surface area contributed by atoms with Gasteiger partial charge in [-0.1, -0.05) is 0 Å². The number of rotatable bonds is 5. The second-order valence-electron chi connectivity index (χ2n) is 3.61. The van der Waals surface area contributed by atoms with E-state index in [1.807, 2.05) is 0 Å². The number of nitrogens with two attached hydrogens (primary N) is 1. The molecule has 0 fully saturated rings. The van der Waals surface area contributed by atoms with Crippen LogP contribution < -0.4 is 5.73 Å². The fraction of sp³-hybridized carbons (Fsp3) is 0.273. The summed E-state index contributed by atoms with van der Waals surface area (Å²) in [4.78, 5) is 22.0. The molecule has 92 valence electrons. The zero-order valence-corrected chi connectivity index (χ0v) is 8.96. The number of hydrogen-bond acceptors (Lipinski definition) is 5. The van der Waals surface area contributed by atoms with Gasteiger partial charge in [0.1, 0.15) is 0 Å². The normalized spacial score (nSPS) is 12.1. The van der Waals surface area contributed by atoms with Crippen molar-refractivity contribution in [3.05, 3.63) is 23.8 Å². The molecule has 5 N–H and O–H groups in total. The van der Waals surface area contributed by atoms with Crippen molar-refractivity contribution in [3.8, 4) is 11.5 Å². The Labute approximate surface area is 97.3 Å². The molecule has 0 aliphatic rings. The molecule has 1 aromatic rings. The Kier molecular flexibility index (Phi) is 4.06. The summed E-state index contributed by atoms with van der Waals surface area (Å²) in [6.07, 6.45) is -0.174. The molecule has 0 spiro atoms. The Bertz CT molecular complexity index is 443. The first-order chi connectivity index (χ1) is 7.91. The van der Waals surface area contributed by atoms with Gasteiger partial charge in [-0.15, -0.1) is 0 Å². The molecule has 6 heteroatoms. The molecule has 0 saturated carbocycles. The summed E-state index contributed by atoms with van der Waals surface area (Å²) in [6, 6.07) is 2.65. The minimum absolute atomic E-state index is 0.0236. The molecule has 0 heterocycles. The molecule has 0 aliphatic heterocycles. The molecule has 0 amide bonds. The van der Waals surface area contributed by atoms with Gasteiger partial charge in [0.2, 0.25) is 0 Å². The van der Waals surface area contributed by atoms with Crippen molar-refractivity contribution in [2.45, 2.75) is 18.9 Å². The van der Waals surface area contributed by atoms with Gasteiger partial charge in [-0.3, -0.25) is 9.59 Å². The standard InChI is InChI=1S/C11H13NO5/c12-7(2-4-10(15)16)11(17)6-1-3-8(13)9(14)5-6/h1,3,5,7,13-14H,2,4,12H2,(H,15,16)/t7-/m0/s1. The Morgan fingerprint density at radius 1 is 1.24 bits per heavy atom. The van der Waals surface area contributed by atoms with Crippen molar-refractivity contribution in [2.24, 2.45) is 5.73 Å². The van der Waals surface area contributed by atoms with E-state index >= 15 is 0 Å². The third-order valence-electron chi connectivity index (χ3n) is 2.27. The van der Waals surface area contributed by atoms with Crippen LogP contribution in [0.15, 0.2) is 18.2 Å². The maximum atomic E-state index is 11.7. The monoisotopic (exact) mass is 239 g/mol. The lowest BCUT2D eigenvalue weighted by Crippen LogP contribution is -2.31. The van der Waals surface area contributed by atoms with Gasteiger partial charge in [-0.25, -0.2) is 0 Å². The second-order valence-corrected chi connectivity index (χ2v) is 3.61. The SMILES string of the molecule is N[C@@H](CCC(=O)O)C(=O)c1ccc(O)c(O)c1. The Hall–Kier alpha value is -2.08. The smallest absolute Gasteiger partial charge is 0.303 e. The minimum atomic E-state index is -1.03. The van der Waals surface area contributed by atoms with Crippen molar-refractivity contribution in [3.63, 3.8) is 0 Å². The van der Waals surface area contributed by atoms with E-state index in [0.717, 1.165) is 6.07 Å². The summed E-state index contributed by atoms with van der Waals surface area (Å²) in [7, 11) is 0. The van der Waals surface area contributed by atoms with E-state index in [4.69, 9.17) is 15.9 Å². The van der Waals surface area contributed by atoms with E-state index in [1.54, 1.807) is 0 Å². The van der Waals surface area contributed by atoms with Gasteiger partial charge in [0.05, 0.1) is 6.04 Å². The number of carbonyl (C=O) groups excluding carboxylic acids is 1. The highest BCUT2D eigenvalue weighted by Gasteiger charge is 2.17. The molecular formula is C11H13NO5. The third-order valence-corrected chi connectivity index (χ3v) is 2.27. The molecule has 0 bridgehead atoms. The lowest BCUT2D eigenvalue weighted by molar-refractivity contribution is -0.137. The fourth-order valence-electron chi connectivity index (χ4n) is 1.30. The molecule has 1 atom stereocenters. The number of phenolic OH excluding ortho intramolecular Hbond substituents is 2. The lowest BCUT2D eigenvalue weighted by atomic mass is 10.0. The average molecular weight is 239 g/mol. The molecule has 1 rings (SSSR count). The van der Waals surface area contributed by atoms with Crippen LogP contribution in [0, 0.1) is 0 Å². The number of carboxylic acid groups (broad SMARTS) is 1. The van der Waals surface area contributed by atoms with Crippen LogP contribution in [0.25, 0.3) is 0 Å². The summed E-state index contributed by atoms with van der Waals surface area (Å²) in [5.74, 6) is -2.25. The molecule has 6 nitrogen and oxygen atoms in total. The number of Topliss-reactive ketones (excluding diaryl/α,β-unsaturated/α-hetero) is 1. The van der Waals surface area contributed by atoms with E-state index in [0.29, 0.717) is 0 Å². The number of ketones is 1. The van der Waals surface area contributed by atoms with E-state index in [1.165, 1.54) is 12.1 Å². The van der Waals surface area contributed by atoms with Gasteiger partial charge in [-0.2, -0.15) is 0 Å². The Morgan fingerprint density at radius 3 is 2.41 bits per heavy atom. The maximum absolute atomic E-state index is 11.7. The van der Waals surface area contributed by atoms with Crippen LogP contribution in [-0.4, -0.2) is 33.1 Å². The van der Waals surface area contributed by atoms with E-state index in [2.05, 4.69) is 0 Å². The van der Waals surface area contributed by atoms with E-state index in [9.17, 15) is 14.7 Å². The molecule has 1 aromatic carbocycles. The number of hydrogen-bond donors (Lipinski definition) is 4. The van der Waals surface area contributed by atoms with Crippen LogP contribution >= 0.6 is 0 Å². The van der Waals surface area contributed by atoms with Crippen LogP contribution in [0.3, 0.4) is 0 Å². The summed E-state index contributed by atoms with van der Waals surface area (Å²) >= 11 is 0. The van der Waals surface area contributed by atoms with Crippen LogP contribution in [0.5, 0.6) is 11.5 Å². The van der Waals surface area contributed by atoms with Gasteiger partial charge in [-0.05, 0) is 24.6 Å². The van der Waals surface area contributed by atoms with Crippen LogP contribution in [0.4, 0.5) is 0 Å². The van der Waals surface area contributed by atoms with Crippen molar-refractivity contribution in [1.82, 2.24) is 0 Å². The van der Waals surface area contributed by atoms with Gasteiger partial charge in [0.25, 0.3) is 0 Å².